The lowest BCUT2D eigenvalue weighted by Gasteiger charge is -2.44. The molecule has 0 heterocycles. The molecule has 0 saturated carbocycles. The van der Waals surface area contributed by atoms with Crippen LogP contribution in [-0.2, 0) is 4.43 Å². The standard InChI is InChI=1S/C25H29OSi/c1-21(20-22-14-8-5-9-15-22)26-27(25(2,3)4,23-16-10-6-11-17-23)24-18-12-7-13-19-24/h5-21H,1-4H3. The Morgan fingerprint density at radius 1 is 0.704 bits per heavy atom. The average Bonchev–Trinajstić information content (AvgIpc) is 2.67. The normalized spacial score (nSPS) is 13.3. The first-order valence-corrected chi connectivity index (χ1v) is 11.5. The molecule has 0 bridgehead atoms. The molecular formula is C25H29OSi. The van der Waals surface area contributed by atoms with Crippen LogP contribution in [0.2, 0.25) is 5.04 Å². The van der Waals surface area contributed by atoms with E-state index >= 15 is 0 Å². The van der Waals surface area contributed by atoms with Gasteiger partial charge in [-0.3, -0.25) is 0 Å². The van der Waals surface area contributed by atoms with E-state index in [0.717, 1.165) is 0 Å². The lowest BCUT2D eigenvalue weighted by atomic mass is 10.1. The van der Waals surface area contributed by atoms with Gasteiger partial charge in [0, 0.05) is 6.42 Å². The van der Waals surface area contributed by atoms with Gasteiger partial charge in [0.25, 0.3) is 8.32 Å². The van der Waals surface area contributed by atoms with Crippen LogP contribution in [0.1, 0.15) is 33.3 Å². The lowest BCUT2D eigenvalue weighted by molar-refractivity contribution is 0.240. The molecule has 0 amide bonds. The van der Waals surface area contributed by atoms with Gasteiger partial charge in [-0.05, 0) is 27.9 Å². The summed E-state index contributed by atoms with van der Waals surface area (Å²) in [4.78, 5) is 0. The molecule has 3 rings (SSSR count). The maximum atomic E-state index is 7.06. The fourth-order valence-corrected chi connectivity index (χ4v) is 8.48. The zero-order valence-electron chi connectivity index (χ0n) is 16.7. The van der Waals surface area contributed by atoms with E-state index in [9.17, 15) is 0 Å². The molecule has 0 aromatic heterocycles. The third-order valence-electron chi connectivity index (χ3n) is 5.01. The van der Waals surface area contributed by atoms with Gasteiger partial charge in [-0.1, -0.05) is 112 Å². The molecule has 1 radical (unpaired) electrons. The summed E-state index contributed by atoms with van der Waals surface area (Å²) in [6.07, 6.45) is 2.23. The molecule has 0 spiro atoms. The van der Waals surface area contributed by atoms with Gasteiger partial charge >= 0.3 is 0 Å². The zero-order valence-corrected chi connectivity index (χ0v) is 17.7. The Morgan fingerprint density at radius 2 is 1.11 bits per heavy atom. The minimum Gasteiger partial charge on any atom is -0.404 e. The third kappa shape index (κ3) is 4.23. The van der Waals surface area contributed by atoms with Crippen molar-refractivity contribution in [1.29, 1.82) is 0 Å². The maximum absolute atomic E-state index is 7.06. The van der Waals surface area contributed by atoms with Crippen LogP contribution in [0.5, 0.6) is 0 Å². The first kappa shape index (κ1) is 19.6. The highest BCUT2D eigenvalue weighted by atomic mass is 28.4. The summed E-state index contributed by atoms with van der Waals surface area (Å²) in [6.45, 7) is 9.10. The Morgan fingerprint density at radius 3 is 1.52 bits per heavy atom. The van der Waals surface area contributed by atoms with E-state index in [1.54, 1.807) is 0 Å². The Bertz CT molecular complexity index is 783. The van der Waals surface area contributed by atoms with Gasteiger partial charge in [-0.25, -0.2) is 0 Å². The highest BCUT2D eigenvalue weighted by Crippen LogP contribution is 2.37. The highest BCUT2D eigenvalue weighted by Gasteiger charge is 2.50. The van der Waals surface area contributed by atoms with Crippen molar-refractivity contribution >= 4 is 18.7 Å². The van der Waals surface area contributed by atoms with Crippen molar-refractivity contribution in [2.24, 2.45) is 0 Å². The minimum absolute atomic E-state index is 0.00546. The van der Waals surface area contributed by atoms with Crippen LogP contribution in [0.4, 0.5) is 0 Å². The molecule has 2 heteroatoms. The molecule has 3 aromatic carbocycles. The summed E-state index contributed by atoms with van der Waals surface area (Å²) in [7, 11) is -2.50. The monoisotopic (exact) mass is 373 g/mol. The largest absolute Gasteiger partial charge is 0.404 e. The second kappa shape index (κ2) is 8.24. The molecule has 1 unspecified atom stereocenters. The fourth-order valence-electron chi connectivity index (χ4n) is 3.84. The van der Waals surface area contributed by atoms with E-state index < -0.39 is 8.32 Å². The molecule has 0 aliphatic carbocycles. The van der Waals surface area contributed by atoms with Crippen molar-refractivity contribution in [3.05, 3.63) is 103 Å². The first-order chi connectivity index (χ1) is 12.9. The zero-order chi connectivity index (χ0) is 19.3. The van der Waals surface area contributed by atoms with Gasteiger partial charge in [-0.2, -0.15) is 0 Å². The number of benzene rings is 3. The molecular weight excluding hydrogens is 344 g/mol. The van der Waals surface area contributed by atoms with E-state index in [1.807, 2.05) is 6.07 Å². The van der Waals surface area contributed by atoms with Crippen molar-refractivity contribution in [1.82, 2.24) is 0 Å². The van der Waals surface area contributed by atoms with Crippen LogP contribution < -0.4 is 10.4 Å². The van der Waals surface area contributed by atoms with Crippen LogP contribution in [0.3, 0.4) is 0 Å². The Kier molecular flexibility index (Phi) is 5.98. The van der Waals surface area contributed by atoms with Gasteiger partial charge in [0.2, 0.25) is 0 Å². The molecule has 0 aliphatic rings. The predicted octanol–water partition coefficient (Wildman–Crippen LogP) is 5.20. The summed E-state index contributed by atoms with van der Waals surface area (Å²) in [5, 5.41) is 2.63. The molecule has 0 fully saturated rings. The second-order valence-electron chi connectivity index (χ2n) is 8.06. The SMILES string of the molecule is CC([CH]c1ccccc1)O[Si](c1ccccc1)(c1ccccc1)C(C)(C)C. The van der Waals surface area contributed by atoms with E-state index in [4.69, 9.17) is 4.43 Å². The van der Waals surface area contributed by atoms with Crippen molar-refractivity contribution in [2.45, 2.75) is 38.8 Å². The van der Waals surface area contributed by atoms with Gasteiger partial charge < -0.3 is 4.43 Å². The molecule has 0 saturated heterocycles. The fraction of sp³-hybridized carbons (Fsp3) is 0.240. The summed E-state index contributed by atoms with van der Waals surface area (Å²) in [5.74, 6) is 0. The molecule has 27 heavy (non-hydrogen) atoms. The van der Waals surface area contributed by atoms with Gasteiger partial charge in [0.15, 0.2) is 0 Å². The van der Waals surface area contributed by atoms with E-state index in [-0.39, 0.29) is 11.1 Å². The van der Waals surface area contributed by atoms with Crippen LogP contribution in [0, 0.1) is 6.42 Å². The molecule has 1 atom stereocenters. The quantitative estimate of drug-likeness (QED) is 0.539. The van der Waals surface area contributed by atoms with Crippen molar-refractivity contribution in [3.63, 3.8) is 0 Å². The number of rotatable bonds is 6. The average molecular weight is 374 g/mol. The van der Waals surface area contributed by atoms with E-state index in [0.29, 0.717) is 0 Å². The highest BCUT2D eigenvalue weighted by molar-refractivity contribution is 6.99. The van der Waals surface area contributed by atoms with E-state index in [2.05, 4.69) is 119 Å². The molecule has 0 aliphatic heterocycles. The summed E-state index contributed by atoms with van der Waals surface area (Å²) < 4.78 is 7.06. The van der Waals surface area contributed by atoms with Crippen molar-refractivity contribution in [2.75, 3.05) is 0 Å². The molecule has 3 aromatic rings. The van der Waals surface area contributed by atoms with Crippen LogP contribution in [0.15, 0.2) is 91.0 Å². The van der Waals surface area contributed by atoms with Gasteiger partial charge in [0.1, 0.15) is 0 Å². The second-order valence-corrected chi connectivity index (χ2v) is 12.3. The molecule has 139 valence electrons. The van der Waals surface area contributed by atoms with Crippen molar-refractivity contribution < 1.29 is 4.43 Å². The summed E-state index contributed by atoms with van der Waals surface area (Å²) in [5.41, 5.74) is 1.20. The predicted molar refractivity (Wildman–Crippen MR) is 118 cm³/mol. The van der Waals surface area contributed by atoms with E-state index in [1.165, 1.54) is 15.9 Å². The third-order valence-corrected chi connectivity index (χ3v) is 10.1. The Hall–Kier alpha value is -2.16. The Balaban J connectivity index is 2.06. The molecule has 1 nitrogen and oxygen atoms in total. The van der Waals surface area contributed by atoms with Crippen LogP contribution in [0.25, 0.3) is 0 Å². The van der Waals surface area contributed by atoms with Crippen molar-refractivity contribution in [3.8, 4) is 0 Å². The van der Waals surface area contributed by atoms with Crippen LogP contribution >= 0.6 is 0 Å². The smallest absolute Gasteiger partial charge is 0.261 e. The maximum Gasteiger partial charge on any atom is 0.261 e. The van der Waals surface area contributed by atoms with Crippen LogP contribution in [-0.4, -0.2) is 14.4 Å². The topological polar surface area (TPSA) is 9.23 Å². The summed E-state index contributed by atoms with van der Waals surface area (Å²) >= 11 is 0. The van der Waals surface area contributed by atoms with Gasteiger partial charge in [-0.15, -0.1) is 0 Å². The van der Waals surface area contributed by atoms with Gasteiger partial charge in [0.05, 0.1) is 6.10 Å². The number of hydrogen-bond acceptors (Lipinski definition) is 1. The summed E-state index contributed by atoms with van der Waals surface area (Å²) in [6, 6.07) is 32.1. The molecule has 0 N–H and O–H groups in total. The number of hydrogen-bond donors (Lipinski definition) is 0. The Labute approximate surface area is 165 Å². The minimum atomic E-state index is -2.50. The lowest BCUT2D eigenvalue weighted by Crippen LogP contribution is -2.67. The first-order valence-electron chi connectivity index (χ1n) is 9.62.